The second-order valence-electron chi connectivity index (χ2n) is 3.74. The summed E-state index contributed by atoms with van der Waals surface area (Å²) in [6.45, 7) is 0. The average Bonchev–Trinajstić information content (AvgIpc) is 2.41. The van der Waals surface area contributed by atoms with Gasteiger partial charge in [-0.3, -0.25) is 0 Å². The van der Waals surface area contributed by atoms with Crippen molar-refractivity contribution in [3.8, 4) is 17.4 Å². The molecular formula is C12H7BrClF3N2O2. The maximum atomic E-state index is 12.1. The Morgan fingerprint density at radius 2 is 1.90 bits per heavy atom. The first-order valence-corrected chi connectivity index (χ1v) is 6.82. The van der Waals surface area contributed by atoms with Crippen LogP contribution in [0.3, 0.4) is 0 Å². The van der Waals surface area contributed by atoms with Crippen LogP contribution in [0.2, 0.25) is 0 Å². The molecule has 0 aliphatic rings. The molecule has 0 atom stereocenters. The lowest BCUT2D eigenvalue weighted by Crippen LogP contribution is -2.17. The van der Waals surface area contributed by atoms with Crippen molar-refractivity contribution in [2.75, 3.05) is 0 Å². The summed E-state index contributed by atoms with van der Waals surface area (Å²) < 4.78 is 45.7. The number of alkyl halides is 4. The van der Waals surface area contributed by atoms with Crippen molar-refractivity contribution in [1.82, 2.24) is 10.2 Å². The Labute approximate surface area is 131 Å². The van der Waals surface area contributed by atoms with E-state index in [0.29, 0.717) is 5.69 Å². The minimum Gasteiger partial charge on any atom is -0.437 e. The highest BCUT2D eigenvalue weighted by molar-refractivity contribution is 9.10. The summed E-state index contributed by atoms with van der Waals surface area (Å²) in [4.78, 5) is 0. The number of rotatable bonds is 4. The molecule has 0 radical (unpaired) electrons. The second kappa shape index (κ2) is 6.48. The first kappa shape index (κ1) is 15.8. The fourth-order valence-corrected chi connectivity index (χ4v) is 1.93. The van der Waals surface area contributed by atoms with Crippen LogP contribution in [0.4, 0.5) is 13.2 Å². The normalized spacial score (nSPS) is 11.3. The van der Waals surface area contributed by atoms with Gasteiger partial charge in [0.25, 0.3) is 0 Å². The molecule has 1 aromatic heterocycles. The van der Waals surface area contributed by atoms with Crippen LogP contribution in [0.15, 0.2) is 34.8 Å². The Morgan fingerprint density at radius 1 is 1.14 bits per heavy atom. The van der Waals surface area contributed by atoms with Crippen molar-refractivity contribution in [1.29, 1.82) is 0 Å². The number of aromatic nitrogens is 2. The lowest BCUT2D eigenvalue weighted by Gasteiger charge is -2.11. The van der Waals surface area contributed by atoms with E-state index in [1.54, 1.807) is 12.1 Å². The van der Waals surface area contributed by atoms with Gasteiger partial charge in [0, 0.05) is 6.07 Å². The van der Waals surface area contributed by atoms with Crippen LogP contribution in [0, 0.1) is 0 Å². The summed E-state index contributed by atoms with van der Waals surface area (Å²) in [5, 5.41) is 7.56. The third kappa shape index (κ3) is 4.75. The SMILES string of the molecule is FC(F)(F)Oc1ccc(Oc2ccc(CCl)nn2)cc1Br. The molecule has 0 fully saturated rings. The standard InChI is InChI=1S/C12H7BrClF3N2O2/c13-9-5-8(2-3-10(9)21-12(15,16)17)20-11-4-1-7(6-14)18-19-11/h1-5H,6H2. The minimum atomic E-state index is -4.76. The molecule has 0 amide bonds. The van der Waals surface area contributed by atoms with Crippen LogP contribution in [0.25, 0.3) is 0 Å². The van der Waals surface area contributed by atoms with Crippen molar-refractivity contribution in [2.24, 2.45) is 0 Å². The molecular weight excluding hydrogens is 376 g/mol. The Hall–Kier alpha value is -1.54. The van der Waals surface area contributed by atoms with Gasteiger partial charge in [0.2, 0.25) is 5.88 Å². The quantitative estimate of drug-likeness (QED) is 0.720. The van der Waals surface area contributed by atoms with Gasteiger partial charge in [0.15, 0.2) is 0 Å². The fraction of sp³-hybridized carbons (Fsp3) is 0.167. The third-order valence-electron chi connectivity index (χ3n) is 2.18. The van der Waals surface area contributed by atoms with Gasteiger partial charge in [-0.05, 0) is 40.2 Å². The Balaban J connectivity index is 2.12. The van der Waals surface area contributed by atoms with E-state index in [2.05, 4.69) is 30.9 Å². The van der Waals surface area contributed by atoms with E-state index in [9.17, 15) is 13.2 Å². The van der Waals surface area contributed by atoms with Gasteiger partial charge < -0.3 is 9.47 Å². The first-order valence-electron chi connectivity index (χ1n) is 5.49. The Bertz CT molecular complexity index is 623. The molecule has 1 aromatic carbocycles. The molecule has 0 saturated carbocycles. The van der Waals surface area contributed by atoms with E-state index in [-0.39, 0.29) is 27.7 Å². The molecule has 2 aromatic rings. The molecule has 112 valence electrons. The van der Waals surface area contributed by atoms with E-state index in [1.165, 1.54) is 12.1 Å². The van der Waals surface area contributed by atoms with Gasteiger partial charge in [0.1, 0.15) is 11.5 Å². The zero-order chi connectivity index (χ0) is 15.5. The molecule has 4 nitrogen and oxygen atoms in total. The first-order chi connectivity index (χ1) is 9.87. The summed E-state index contributed by atoms with van der Waals surface area (Å²) in [7, 11) is 0. The molecule has 0 aliphatic heterocycles. The van der Waals surface area contributed by atoms with Crippen LogP contribution in [0.1, 0.15) is 5.69 Å². The van der Waals surface area contributed by atoms with Crippen molar-refractivity contribution in [2.45, 2.75) is 12.2 Å². The zero-order valence-corrected chi connectivity index (χ0v) is 12.5. The van der Waals surface area contributed by atoms with Crippen molar-refractivity contribution in [3.63, 3.8) is 0 Å². The summed E-state index contributed by atoms with van der Waals surface area (Å²) in [5.41, 5.74) is 0.583. The number of nitrogens with zero attached hydrogens (tertiary/aromatic N) is 2. The lowest BCUT2D eigenvalue weighted by molar-refractivity contribution is -0.274. The number of hydrogen-bond donors (Lipinski definition) is 0. The molecule has 1 heterocycles. The minimum absolute atomic E-state index is 0.0997. The van der Waals surface area contributed by atoms with E-state index in [4.69, 9.17) is 16.3 Å². The molecule has 0 saturated heterocycles. The number of halogens is 5. The van der Waals surface area contributed by atoms with E-state index in [0.717, 1.165) is 6.07 Å². The van der Waals surface area contributed by atoms with Crippen molar-refractivity contribution >= 4 is 27.5 Å². The fourth-order valence-electron chi connectivity index (χ4n) is 1.35. The smallest absolute Gasteiger partial charge is 0.437 e. The van der Waals surface area contributed by atoms with Gasteiger partial charge in [-0.2, -0.15) is 5.10 Å². The van der Waals surface area contributed by atoms with Gasteiger partial charge in [-0.15, -0.1) is 29.9 Å². The van der Waals surface area contributed by atoms with Gasteiger partial charge in [-0.25, -0.2) is 0 Å². The van der Waals surface area contributed by atoms with Crippen LogP contribution in [-0.4, -0.2) is 16.6 Å². The molecule has 2 rings (SSSR count). The topological polar surface area (TPSA) is 44.2 Å². The Morgan fingerprint density at radius 3 is 2.43 bits per heavy atom. The van der Waals surface area contributed by atoms with Crippen LogP contribution in [0.5, 0.6) is 17.4 Å². The monoisotopic (exact) mass is 382 g/mol. The molecule has 0 unspecified atom stereocenters. The van der Waals surface area contributed by atoms with Crippen molar-refractivity contribution in [3.05, 3.63) is 40.5 Å². The van der Waals surface area contributed by atoms with Crippen LogP contribution >= 0.6 is 27.5 Å². The lowest BCUT2D eigenvalue weighted by atomic mass is 10.3. The van der Waals surface area contributed by atoms with Crippen LogP contribution in [-0.2, 0) is 5.88 Å². The molecule has 9 heteroatoms. The van der Waals surface area contributed by atoms with E-state index in [1.807, 2.05) is 0 Å². The number of hydrogen-bond acceptors (Lipinski definition) is 4. The molecule has 0 aliphatic carbocycles. The van der Waals surface area contributed by atoms with E-state index >= 15 is 0 Å². The molecule has 0 N–H and O–H groups in total. The highest BCUT2D eigenvalue weighted by atomic mass is 79.9. The Kier molecular flexibility index (Phi) is 4.89. The summed E-state index contributed by atoms with van der Waals surface area (Å²) in [6, 6.07) is 6.97. The summed E-state index contributed by atoms with van der Waals surface area (Å²) >= 11 is 8.55. The molecule has 0 bridgehead atoms. The highest BCUT2D eigenvalue weighted by Crippen LogP contribution is 2.34. The van der Waals surface area contributed by atoms with Crippen molar-refractivity contribution < 1.29 is 22.6 Å². The maximum absolute atomic E-state index is 12.1. The maximum Gasteiger partial charge on any atom is 0.573 e. The number of benzene rings is 1. The van der Waals surface area contributed by atoms with Gasteiger partial charge in [-0.1, -0.05) is 0 Å². The molecule has 21 heavy (non-hydrogen) atoms. The van der Waals surface area contributed by atoms with Gasteiger partial charge in [0.05, 0.1) is 16.0 Å². The highest BCUT2D eigenvalue weighted by Gasteiger charge is 2.32. The second-order valence-corrected chi connectivity index (χ2v) is 4.86. The summed E-state index contributed by atoms with van der Waals surface area (Å²) in [5.74, 6) is 0.338. The average molecular weight is 384 g/mol. The predicted octanol–water partition coefficient (Wildman–Crippen LogP) is 4.67. The third-order valence-corrected chi connectivity index (χ3v) is 3.08. The summed E-state index contributed by atoms with van der Waals surface area (Å²) in [6.07, 6.45) is -4.76. The van der Waals surface area contributed by atoms with Gasteiger partial charge >= 0.3 is 6.36 Å². The number of ether oxygens (including phenoxy) is 2. The van der Waals surface area contributed by atoms with E-state index < -0.39 is 6.36 Å². The predicted molar refractivity (Wildman–Crippen MR) is 72.5 cm³/mol. The largest absolute Gasteiger partial charge is 0.573 e. The van der Waals surface area contributed by atoms with Crippen LogP contribution < -0.4 is 9.47 Å². The zero-order valence-electron chi connectivity index (χ0n) is 10.2. The molecule has 0 spiro atoms.